The van der Waals surface area contributed by atoms with Crippen LogP contribution in [0.1, 0.15) is 24.5 Å². The van der Waals surface area contributed by atoms with Gasteiger partial charge in [0.15, 0.2) is 0 Å². The number of amides is 1. The molecule has 8 heteroatoms. The molecule has 2 atom stereocenters. The lowest BCUT2D eigenvalue weighted by Crippen LogP contribution is -2.36. The number of aromatic nitrogens is 1. The zero-order valence-electron chi connectivity index (χ0n) is 18.3. The summed E-state index contributed by atoms with van der Waals surface area (Å²) in [5.41, 5.74) is 6.60. The van der Waals surface area contributed by atoms with Crippen LogP contribution in [0.5, 0.6) is 5.75 Å². The summed E-state index contributed by atoms with van der Waals surface area (Å²) in [4.78, 5) is 30.8. The predicted molar refractivity (Wildman–Crippen MR) is 118 cm³/mol. The van der Waals surface area contributed by atoms with Crippen molar-refractivity contribution in [1.82, 2.24) is 4.98 Å². The second-order valence-corrected chi connectivity index (χ2v) is 8.27. The van der Waals surface area contributed by atoms with Gasteiger partial charge in [-0.05, 0) is 55.2 Å². The highest BCUT2D eigenvalue weighted by atomic mass is 16.5. The zero-order chi connectivity index (χ0) is 22.6. The van der Waals surface area contributed by atoms with Crippen LogP contribution in [0.25, 0.3) is 0 Å². The number of nitrogens with two attached hydrogens (primary N) is 1. The quantitative estimate of drug-likeness (QED) is 0.597. The van der Waals surface area contributed by atoms with E-state index in [9.17, 15) is 9.59 Å². The summed E-state index contributed by atoms with van der Waals surface area (Å²) in [6.45, 7) is 5.56. The Morgan fingerprint density at radius 1 is 1.19 bits per heavy atom. The molecule has 1 saturated heterocycles. The van der Waals surface area contributed by atoms with Gasteiger partial charge in [0.05, 0.1) is 31.2 Å². The minimum Gasteiger partial charge on any atom is -0.489 e. The molecule has 170 valence electrons. The third kappa shape index (κ3) is 4.85. The highest BCUT2D eigenvalue weighted by Crippen LogP contribution is 2.55. The molecule has 0 radical (unpaired) electrons. The van der Waals surface area contributed by atoms with E-state index >= 15 is 0 Å². The molecule has 0 spiro atoms. The number of nitrogens with zero attached hydrogens (tertiary/aromatic N) is 2. The predicted octanol–water partition coefficient (Wildman–Crippen LogP) is 2.09. The molecule has 1 aliphatic heterocycles. The smallest absolute Gasteiger partial charge is 0.313 e. The van der Waals surface area contributed by atoms with Crippen molar-refractivity contribution in [2.75, 3.05) is 37.8 Å². The van der Waals surface area contributed by atoms with Crippen LogP contribution in [-0.4, -0.2) is 49.8 Å². The molecule has 1 aromatic heterocycles. The van der Waals surface area contributed by atoms with E-state index in [0.717, 1.165) is 35.8 Å². The van der Waals surface area contributed by atoms with E-state index in [1.165, 1.54) is 0 Å². The number of carbonyl (C=O) groups is 2. The van der Waals surface area contributed by atoms with Crippen molar-refractivity contribution < 1.29 is 23.8 Å². The number of pyridine rings is 1. The Labute approximate surface area is 187 Å². The van der Waals surface area contributed by atoms with Crippen LogP contribution in [0.15, 0.2) is 42.6 Å². The van der Waals surface area contributed by atoms with Crippen LogP contribution in [0.2, 0.25) is 0 Å². The summed E-state index contributed by atoms with van der Waals surface area (Å²) >= 11 is 0. The zero-order valence-corrected chi connectivity index (χ0v) is 18.3. The molecule has 32 heavy (non-hydrogen) atoms. The van der Waals surface area contributed by atoms with Gasteiger partial charge >= 0.3 is 5.97 Å². The van der Waals surface area contributed by atoms with Crippen molar-refractivity contribution in [2.24, 2.45) is 17.1 Å². The first-order valence-corrected chi connectivity index (χ1v) is 11.0. The summed E-state index contributed by atoms with van der Waals surface area (Å²) in [5.74, 6) is 0.392. The minimum atomic E-state index is -0.836. The number of benzene rings is 1. The maximum absolute atomic E-state index is 12.4. The monoisotopic (exact) mass is 439 g/mol. The second-order valence-electron chi connectivity index (χ2n) is 8.27. The van der Waals surface area contributed by atoms with Gasteiger partial charge in [0.25, 0.3) is 0 Å². The molecular weight excluding hydrogens is 410 g/mol. The fourth-order valence-corrected chi connectivity index (χ4v) is 4.20. The maximum Gasteiger partial charge on any atom is 0.313 e. The number of carbonyl (C=O) groups excluding carboxylic acids is 2. The van der Waals surface area contributed by atoms with Crippen LogP contribution in [0.3, 0.4) is 0 Å². The summed E-state index contributed by atoms with van der Waals surface area (Å²) in [6.07, 6.45) is 2.66. The number of morpholine rings is 1. The molecule has 2 fully saturated rings. The Hall–Kier alpha value is -3.13. The van der Waals surface area contributed by atoms with E-state index in [-0.39, 0.29) is 12.6 Å². The molecule has 2 N–H and O–H groups in total. The average molecular weight is 440 g/mol. The topological polar surface area (TPSA) is 104 Å². The summed E-state index contributed by atoms with van der Waals surface area (Å²) in [5, 5.41) is 0. The number of primary amides is 1. The number of hydrogen-bond acceptors (Lipinski definition) is 7. The van der Waals surface area contributed by atoms with E-state index in [0.29, 0.717) is 32.7 Å². The third-order valence-corrected chi connectivity index (χ3v) is 6.09. The van der Waals surface area contributed by atoms with Gasteiger partial charge < -0.3 is 24.8 Å². The van der Waals surface area contributed by atoms with E-state index < -0.39 is 17.2 Å². The fourth-order valence-electron chi connectivity index (χ4n) is 4.20. The van der Waals surface area contributed by atoms with Crippen molar-refractivity contribution >= 4 is 17.7 Å². The first-order chi connectivity index (χ1) is 15.5. The largest absolute Gasteiger partial charge is 0.489 e. The maximum atomic E-state index is 12.4. The summed E-state index contributed by atoms with van der Waals surface area (Å²) in [7, 11) is 0. The van der Waals surface area contributed by atoms with E-state index in [1.54, 1.807) is 13.1 Å². The van der Waals surface area contributed by atoms with Crippen molar-refractivity contribution in [3.63, 3.8) is 0 Å². The lowest BCUT2D eigenvalue weighted by atomic mass is 9.93. The second kappa shape index (κ2) is 9.56. The molecule has 2 heterocycles. The van der Waals surface area contributed by atoms with Crippen molar-refractivity contribution in [1.29, 1.82) is 0 Å². The van der Waals surface area contributed by atoms with Crippen molar-refractivity contribution in [3.8, 4) is 5.75 Å². The summed E-state index contributed by atoms with van der Waals surface area (Å²) < 4.78 is 16.5. The first-order valence-electron chi connectivity index (χ1n) is 11.0. The van der Waals surface area contributed by atoms with Gasteiger partial charge in [0.2, 0.25) is 5.91 Å². The Morgan fingerprint density at radius 3 is 2.59 bits per heavy atom. The van der Waals surface area contributed by atoms with E-state index in [2.05, 4.69) is 9.88 Å². The molecule has 4 rings (SSSR count). The Morgan fingerprint density at radius 2 is 1.94 bits per heavy atom. The van der Waals surface area contributed by atoms with Gasteiger partial charge in [-0.2, -0.15) is 0 Å². The SMILES string of the molecule is CCOC(=O)[C@@]1(Cc2ccc(OCc3ccnc(N4CCOCC4)c3)cc2)C[C@@H]1C(N)=O. The Balaban J connectivity index is 1.36. The van der Waals surface area contributed by atoms with Crippen LogP contribution >= 0.6 is 0 Å². The molecule has 2 aromatic rings. The average Bonchev–Trinajstić information content (AvgIpc) is 3.55. The van der Waals surface area contributed by atoms with Crippen LogP contribution < -0.4 is 15.4 Å². The molecule has 1 aromatic carbocycles. The minimum absolute atomic E-state index is 0.279. The number of ether oxygens (including phenoxy) is 3. The van der Waals surface area contributed by atoms with Gasteiger partial charge in [-0.25, -0.2) is 4.98 Å². The number of hydrogen-bond donors (Lipinski definition) is 1. The van der Waals surface area contributed by atoms with Crippen LogP contribution in [0.4, 0.5) is 5.82 Å². The lowest BCUT2D eigenvalue weighted by molar-refractivity contribution is -0.151. The molecule has 0 bridgehead atoms. The van der Waals surface area contributed by atoms with Gasteiger partial charge in [-0.3, -0.25) is 9.59 Å². The Kier molecular flexibility index (Phi) is 6.60. The molecule has 1 amide bonds. The van der Waals surface area contributed by atoms with Crippen LogP contribution in [-0.2, 0) is 32.1 Å². The fraction of sp³-hybridized carbons (Fsp3) is 0.458. The van der Waals surface area contributed by atoms with Gasteiger partial charge in [-0.1, -0.05) is 12.1 Å². The molecule has 1 saturated carbocycles. The van der Waals surface area contributed by atoms with Gasteiger partial charge in [0.1, 0.15) is 18.2 Å². The van der Waals surface area contributed by atoms with Gasteiger partial charge in [-0.15, -0.1) is 0 Å². The normalized spacial score (nSPS) is 22.3. The van der Waals surface area contributed by atoms with Gasteiger partial charge in [0, 0.05) is 19.3 Å². The van der Waals surface area contributed by atoms with E-state index in [4.69, 9.17) is 19.9 Å². The Bertz CT molecular complexity index is 958. The van der Waals surface area contributed by atoms with Crippen molar-refractivity contribution in [3.05, 3.63) is 53.7 Å². The summed E-state index contributed by atoms with van der Waals surface area (Å²) in [6, 6.07) is 11.6. The van der Waals surface area contributed by atoms with E-state index in [1.807, 2.05) is 36.4 Å². The molecule has 8 nitrogen and oxygen atoms in total. The van der Waals surface area contributed by atoms with Crippen molar-refractivity contribution in [2.45, 2.75) is 26.4 Å². The molecular formula is C24H29N3O5. The highest BCUT2D eigenvalue weighted by Gasteiger charge is 2.63. The van der Waals surface area contributed by atoms with Crippen LogP contribution in [0, 0.1) is 11.3 Å². The standard InChI is InChI=1S/C24H29N3O5/c1-2-31-23(29)24(15-20(24)22(25)28)14-17-3-5-19(6-4-17)32-16-18-7-8-26-21(13-18)27-9-11-30-12-10-27/h3-8,13,20H,2,9-12,14-16H2,1H3,(H2,25,28)/t20-,24+/m1/s1. The molecule has 2 aliphatic rings. The number of rotatable bonds is 9. The number of esters is 1. The molecule has 1 aliphatic carbocycles. The third-order valence-electron chi connectivity index (χ3n) is 6.09. The lowest BCUT2D eigenvalue weighted by Gasteiger charge is -2.28. The highest BCUT2D eigenvalue weighted by molar-refractivity contribution is 5.93. The molecule has 0 unspecified atom stereocenters. The number of anilines is 1. The first kappa shape index (κ1) is 22.1.